The molecule has 3 unspecified atom stereocenters. The summed E-state index contributed by atoms with van der Waals surface area (Å²) in [5, 5.41) is 0. The summed E-state index contributed by atoms with van der Waals surface area (Å²) in [6.07, 6.45) is 9.11. The third-order valence-electron chi connectivity index (χ3n) is 4.09. The number of hydrogen-bond acceptors (Lipinski definition) is 2. The largest absolute Gasteiger partial charge is 0.330 e. The molecule has 0 bridgehead atoms. The van der Waals surface area contributed by atoms with Gasteiger partial charge in [-0.15, -0.1) is 0 Å². The van der Waals surface area contributed by atoms with E-state index in [9.17, 15) is 0 Å². The lowest BCUT2D eigenvalue weighted by atomic mass is 9.71. The van der Waals surface area contributed by atoms with Crippen molar-refractivity contribution in [3.63, 3.8) is 0 Å². The minimum Gasteiger partial charge on any atom is -0.330 e. The van der Waals surface area contributed by atoms with E-state index in [-0.39, 0.29) is 0 Å². The first-order chi connectivity index (χ1) is 7.85. The predicted molar refractivity (Wildman–Crippen MR) is 67.2 cm³/mol. The van der Waals surface area contributed by atoms with E-state index in [2.05, 4.69) is 18.0 Å². The van der Waals surface area contributed by atoms with Crippen molar-refractivity contribution >= 4 is 0 Å². The molecule has 3 atom stereocenters. The highest BCUT2D eigenvalue weighted by Crippen LogP contribution is 2.40. The topological polar surface area (TPSA) is 38.9 Å². The van der Waals surface area contributed by atoms with Gasteiger partial charge in [-0.25, -0.2) is 0 Å². The van der Waals surface area contributed by atoms with Gasteiger partial charge in [0.05, 0.1) is 0 Å². The van der Waals surface area contributed by atoms with E-state index >= 15 is 0 Å². The Kier molecular flexibility index (Phi) is 3.94. The van der Waals surface area contributed by atoms with Gasteiger partial charge in [-0.2, -0.15) is 0 Å². The summed E-state index contributed by atoms with van der Waals surface area (Å²) >= 11 is 0. The van der Waals surface area contributed by atoms with Crippen LogP contribution in [0.4, 0.5) is 0 Å². The van der Waals surface area contributed by atoms with Gasteiger partial charge in [-0.3, -0.25) is 4.98 Å². The van der Waals surface area contributed by atoms with Crippen molar-refractivity contribution in [2.75, 3.05) is 6.54 Å². The molecule has 2 N–H and O–H groups in total. The van der Waals surface area contributed by atoms with Crippen LogP contribution < -0.4 is 5.73 Å². The number of hydrogen-bond donors (Lipinski definition) is 1. The molecule has 0 radical (unpaired) electrons. The lowest BCUT2D eigenvalue weighted by molar-refractivity contribution is 0.235. The van der Waals surface area contributed by atoms with Crippen molar-refractivity contribution in [3.8, 4) is 0 Å². The number of rotatable bonds is 3. The van der Waals surface area contributed by atoms with Crippen LogP contribution in [0.25, 0.3) is 0 Å². The van der Waals surface area contributed by atoms with E-state index in [1.807, 2.05) is 18.5 Å². The maximum absolute atomic E-state index is 5.90. The van der Waals surface area contributed by atoms with Crippen molar-refractivity contribution in [3.05, 3.63) is 30.1 Å². The third-order valence-corrected chi connectivity index (χ3v) is 4.09. The van der Waals surface area contributed by atoms with Crippen molar-refractivity contribution < 1.29 is 0 Å². The van der Waals surface area contributed by atoms with Crippen LogP contribution in [0, 0.1) is 11.8 Å². The Bertz CT molecular complexity index is 310. The van der Waals surface area contributed by atoms with Crippen molar-refractivity contribution in [1.29, 1.82) is 0 Å². The van der Waals surface area contributed by atoms with Gasteiger partial charge in [0.2, 0.25) is 0 Å². The lowest BCUT2D eigenvalue weighted by Crippen LogP contribution is -2.28. The molecule has 0 aliphatic heterocycles. The van der Waals surface area contributed by atoms with Crippen LogP contribution in [0.1, 0.15) is 44.1 Å². The molecular formula is C14H22N2. The Balaban J connectivity index is 2.15. The summed E-state index contributed by atoms with van der Waals surface area (Å²) in [7, 11) is 0. The standard InChI is InChI=1S/C14H22N2/c1-2-11-5-6-12(9-15)14(8-11)13-4-3-7-16-10-13/h3-4,7,10-12,14H,2,5-6,8-9,15H2,1H3. The molecule has 1 aliphatic rings. The summed E-state index contributed by atoms with van der Waals surface area (Å²) < 4.78 is 0. The lowest BCUT2D eigenvalue weighted by Gasteiger charge is -2.35. The monoisotopic (exact) mass is 218 g/mol. The second-order valence-corrected chi connectivity index (χ2v) is 4.98. The van der Waals surface area contributed by atoms with Gasteiger partial charge >= 0.3 is 0 Å². The van der Waals surface area contributed by atoms with Crippen LogP contribution in [0.3, 0.4) is 0 Å². The molecule has 16 heavy (non-hydrogen) atoms. The Morgan fingerprint density at radius 2 is 2.31 bits per heavy atom. The Morgan fingerprint density at radius 3 is 2.94 bits per heavy atom. The van der Waals surface area contributed by atoms with Gasteiger partial charge in [-0.05, 0) is 48.8 Å². The number of pyridine rings is 1. The summed E-state index contributed by atoms with van der Waals surface area (Å²) in [4.78, 5) is 4.24. The molecule has 2 rings (SSSR count). The molecule has 1 aromatic rings. The third kappa shape index (κ3) is 2.43. The van der Waals surface area contributed by atoms with Crippen molar-refractivity contribution in [2.45, 2.75) is 38.5 Å². The van der Waals surface area contributed by atoms with Crippen LogP contribution in [0.5, 0.6) is 0 Å². The molecule has 1 saturated carbocycles. The van der Waals surface area contributed by atoms with Gasteiger partial charge < -0.3 is 5.73 Å². The molecule has 1 fully saturated rings. The number of nitrogens with two attached hydrogens (primary N) is 1. The minimum atomic E-state index is 0.636. The Hall–Kier alpha value is -0.890. The normalized spacial score (nSPS) is 30.2. The molecule has 0 aromatic carbocycles. The molecular weight excluding hydrogens is 196 g/mol. The molecule has 1 heterocycles. The van der Waals surface area contributed by atoms with E-state index in [4.69, 9.17) is 5.73 Å². The molecule has 1 aliphatic carbocycles. The van der Waals surface area contributed by atoms with Gasteiger partial charge in [-0.1, -0.05) is 25.8 Å². The van der Waals surface area contributed by atoms with E-state index in [1.54, 1.807) is 0 Å². The minimum absolute atomic E-state index is 0.636. The molecule has 2 nitrogen and oxygen atoms in total. The smallest absolute Gasteiger partial charge is 0.0302 e. The zero-order chi connectivity index (χ0) is 11.4. The molecule has 0 amide bonds. The molecule has 0 spiro atoms. The van der Waals surface area contributed by atoms with E-state index in [1.165, 1.54) is 31.2 Å². The Morgan fingerprint density at radius 1 is 1.44 bits per heavy atom. The van der Waals surface area contributed by atoms with Crippen molar-refractivity contribution in [1.82, 2.24) is 4.98 Å². The second-order valence-electron chi connectivity index (χ2n) is 4.98. The van der Waals surface area contributed by atoms with Crippen LogP contribution in [0.15, 0.2) is 24.5 Å². The van der Waals surface area contributed by atoms with Crippen LogP contribution >= 0.6 is 0 Å². The van der Waals surface area contributed by atoms with Gasteiger partial charge in [0.1, 0.15) is 0 Å². The average molecular weight is 218 g/mol. The molecule has 88 valence electrons. The Labute approximate surface area is 98.3 Å². The van der Waals surface area contributed by atoms with E-state index in [0.717, 1.165) is 12.5 Å². The highest BCUT2D eigenvalue weighted by atomic mass is 14.6. The zero-order valence-electron chi connectivity index (χ0n) is 10.1. The van der Waals surface area contributed by atoms with Crippen LogP contribution in [-0.2, 0) is 0 Å². The zero-order valence-corrected chi connectivity index (χ0v) is 10.1. The van der Waals surface area contributed by atoms with Gasteiger partial charge in [0, 0.05) is 12.4 Å². The SMILES string of the molecule is CCC1CCC(CN)C(c2cccnc2)C1. The van der Waals surface area contributed by atoms with Gasteiger partial charge in [0.15, 0.2) is 0 Å². The summed E-state index contributed by atoms with van der Waals surface area (Å²) in [5.41, 5.74) is 7.28. The first-order valence-corrected chi connectivity index (χ1v) is 6.45. The van der Waals surface area contributed by atoms with Crippen LogP contribution in [0.2, 0.25) is 0 Å². The quantitative estimate of drug-likeness (QED) is 0.847. The molecule has 1 aromatic heterocycles. The predicted octanol–water partition coefficient (Wildman–Crippen LogP) is 2.95. The van der Waals surface area contributed by atoms with Gasteiger partial charge in [0.25, 0.3) is 0 Å². The highest BCUT2D eigenvalue weighted by molar-refractivity contribution is 5.17. The fourth-order valence-corrected chi connectivity index (χ4v) is 2.98. The molecule has 0 saturated heterocycles. The first kappa shape index (κ1) is 11.6. The first-order valence-electron chi connectivity index (χ1n) is 6.45. The fourth-order valence-electron chi connectivity index (χ4n) is 2.98. The summed E-state index contributed by atoms with van der Waals surface area (Å²) in [5.74, 6) is 2.18. The number of nitrogens with zero attached hydrogens (tertiary/aromatic N) is 1. The maximum atomic E-state index is 5.90. The number of aromatic nitrogens is 1. The summed E-state index contributed by atoms with van der Waals surface area (Å²) in [6, 6.07) is 4.25. The van der Waals surface area contributed by atoms with Crippen molar-refractivity contribution in [2.24, 2.45) is 17.6 Å². The maximum Gasteiger partial charge on any atom is 0.0302 e. The second kappa shape index (κ2) is 5.44. The summed E-state index contributed by atoms with van der Waals surface area (Å²) in [6.45, 7) is 3.11. The van der Waals surface area contributed by atoms with Crippen LogP contribution in [-0.4, -0.2) is 11.5 Å². The highest BCUT2D eigenvalue weighted by Gasteiger charge is 2.29. The van der Waals surface area contributed by atoms with E-state index in [0.29, 0.717) is 11.8 Å². The fraction of sp³-hybridized carbons (Fsp3) is 0.643. The average Bonchev–Trinajstić information content (AvgIpc) is 2.39. The molecule has 2 heteroatoms. The van der Waals surface area contributed by atoms with E-state index < -0.39 is 0 Å².